The summed E-state index contributed by atoms with van der Waals surface area (Å²) in [6.07, 6.45) is 0.648. The van der Waals surface area contributed by atoms with Gasteiger partial charge in [0.1, 0.15) is 13.2 Å². The third kappa shape index (κ3) is 10.8. The minimum absolute atomic E-state index is 0.0779. The van der Waals surface area contributed by atoms with Crippen molar-refractivity contribution in [2.75, 3.05) is 19.8 Å². The van der Waals surface area contributed by atoms with E-state index in [4.69, 9.17) is 50.4 Å². The Labute approximate surface area is 139 Å². The van der Waals surface area contributed by atoms with Gasteiger partial charge in [0, 0.05) is 17.2 Å². The van der Waals surface area contributed by atoms with Gasteiger partial charge >= 0.3 is 6.09 Å². The monoisotopic (exact) mass is 360 g/mol. The number of hydrogen-bond donors (Lipinski definition) is 3. The number of aliphatic hydroxyl groups is 1. The van der Waals surface area contributed by atoms with Gasteiger partial charge in [-0.15, -0.1) is 4.99 Å². The molecule has 1 amide bonds. The number of allylic oxidation sites excluding steroid dienone is 1. The molecule has 0 unspecified atom stereocenters. The lowest BCUT2D eigenvalue weighted by Gasteiger charge is -2.18. The quantitative estimate of drug-likeness (QED) is 0.399. The van der Waals surface area contributed by atoms with E-state index < -0.39 is 16.5 Å². The molecule has 0 atom stereocenters. The van der Waals surface area contributed by atoms with E-state index in [1.807, 2.05) is 20.8 Å². The van der Waals surface area contributed by atoms with Gasteiger partial charge in [0.15, 0.2) is 0 Å². The molecule has 0 fully saturated rings. The Hall–Kier alpha value is -0.530. The van der Waals surface area contributed by atoms with Crippen molar-refractivity contribution in [1.82, 2.24) is 0 Å². The fourth-order valence-electron chi connectivity index (χ4n) is 1.01. The standard InChI is InChI=1S/C12H20Cl3N3O3/c1-11(2,3)8(16)6-9(17-4-5-19)18-10(20)21-7-12(13,14)15/h6,19H,4-5,7,16H2,1-3H3,(H,17,18,20)/p+1/b8-6-. The number of ether oxygens (including phenoxy) is 1. The minimum Gasteiger partial charge on any atom is -0.443 e. The molecule has 0 aliphatic carbocycles. The molecule has 0 radical (unpaired) electrons. The number of aliphatic hydroxyl groups excluding tert-OH is 1. The van der Waals surface area contributed by atoms with E-state index >= 15 is 0 Å². The molecule has 0 saturated carbocycles. The molecule has 0 bridgehead atoms. The summed E-state index contributed by atoms with van der Waals surface area (Å²) in [4.78, 5) is 15.3. The Morgan fingerprint density at radius 3 is 2.38 bits per heavy atom. The molecular formula is C12H21Cl3N3O3+. The first kappa shape index (κ1) is 20.5. The van der Waals surface area contributed by atoms with Crippen molar-refractivity contribution >= 4 is 46.7 Å². The summed E-state index contributed by atoms with van der Waals surface area (Å²) in [7, 11) is 0. The van der Waals surface area contributed by atoms with Crippen LogP contribution in [0.4, 0.5) is 4.79 Å². The van der Waals surface area contributed by atoms with Crippen LogP contribution >= 0.6 is 34.8 Å². The second kappa shape index (κ2) is 8.80. The maximum absolute atomic E-state index is 11.6. The van der Waals surface area contributed by atoms with Crippen LogP contribution in [-0.4, -0.2) is 40.6 Å². The summed E-state index contributed by atoms with van der Waals surface area (Å²) < 4.78 is 3.02. The van der Waals surface area contributed by atoms with Gasteiger partial charge in [-0.1, -0.05) is 55.6 Å². The number of hydrogen-bond acceptors (Lipinski definition) is 4. The molecule has 122 valence electrons. The average molecular weight is 362 g/mol. The number of nitrogens with two attached hydrogens (primary N) is 2. The van der Waals surface area contributed by atoms with E-state index in [1.165, 1.54) is 0 Å². The highest BCUT2D eigenvalue weighted by atomic mass is 35.6. The molecule has 0 aliphatic heterocycles. The van der Waals surface area contributed by atoms with Crippen LogP contribution in [0.25, 0.3) is 0 Å². The van der Waals surface area contributed by atoms with Crippen LogP contribution < -0.4 is 11.1 Å². The first-order valence-electron chi connectivity index (χ1n) is 6.19. The number of quaternary nitrogens is 1. The predicted molar refractivity (Wildman–Crippen MR) is 84.7 cm³/mol. The first-order chi connectivity index (χ1) is 9.45. The number of halogens is 3. The number of amidine groups is 1. The van der Waals surface area contributed by atoms with Crippen LogP contribution in [-0.2, 0) is 4.74 Å². The van der Waals surface area contributed by atoms with Crippen LogP contribution in [0.2, 0.25) is 0 Å². The number of nitrogens with zero attached hydrogens (tertiary/aromatic N) is 1. The van der Waals surface area contributed by atoms with E-state index in [0.29, 0.717) is 12.2 Å². The van der Waals surface area contributed by atoms with Crippen LogP contribution in [0.15, 0.2) is 16.8 Å². The van der Waals surface area contributed by atoms with Crippen molar-refractivity contribution in [2.45, 2.75) is 24.6 Å². The summed E-state index contributed by atoms with van der Waals surface area (Å²) in [6, 6.07) is 0. The number of alkyl halides is 3. The molecule has 9 heteroatoms. The van der Waals surface area contributed by atoms with Gasteiger partial charge in [-0.05, 0) is 0 Å². The lowest BCUT2D eigenvalue weighted by Crippen LogP contribution is -2.88. The predicted octanol–water partition coefficient (Wildman–Crippen LogP) is 1.34. The zero-order chi connectivity index (χ0) is 16.7. The summed E-state index contributed by atoms with van der Waals surface area (Å²) in [5, 5.41) is 10.4. The number of carbonyl (C=O) groups is 1. The second-order valence-electron chi connectivity index (χ2n) is 5.27. The molecule has 0 aromatic carbocycles. The number of aliphatic imine (C=N–C) groups is 1. The third-order valence-corrected chi connectivity index (χ3v) is 2.56. The maximum Gasteiger partial charge on any atom is 0.438 e. The minimum atomic E-state index is -1.69. The van der Waals surface area contributed by atoms with Gasteiger partial charge in [0.25, 0.3) is 0 Å². The zero-order valence-corrected chi connectivity index (χ0v) is 14.5. The zero-order valence-electron chi connectivity index (χ0n) is 12.2. The lowest BCUT2D eigenvalue weighted by molar-refractivity contribution is -0.540. The van der Waals surface area contributed by atoms with Gasteiger partial charge in [-0.2, -0.15) is 0 Å². The summed E-state index contributed by atoms with van der Waals surface area (Å²) >= 11 is 16.4. The molecule has 0 saturated heterocycles. The Morgan fingerprint density at radius 2 is 1.95 bits per heavy atom. The molecule has 0 rings (SSSR count). The Bertz CT molecular complexity index is 412. The average Bonchev–Trinajstić information content (AvgIpc) is 2.31. The Morgan fingerprint density at radius 1 is 1.38 bits per heavy atom. The van der Waals surface area contributed by atoms with Crippen molar-refractivity contribution < 1.29 is 20.0 Å². The normalized spacial score (nSPS) is 14.2. The largest absolute Gasteiger partial charge is 0.443 e. The molecule has 0 heterocycles. The molecule has 0 aliphatic rings. The molecule has 5 N–H and O–H groups in total. The van der Waals surface area contributed by atoms with Crippen molar-refractivity contribution in [3.63, 3.8) is 0 Å². The lowest BCUT2D eigenvalue weighted by atomic mass is 9.92. The van der Waals surface area contributed by atoms with Crippen molar-refractivity contribution in [2.24, 2.45) is 16.1 Å². The van der Waals surface area contributed by atoms with Crippen LogP contribution in [0.5, 0.6) is 0 Å². The Kier molecular flexibility index (Phi) is 8.58. The maximum atomic E-state index is 11.6. The highest BCUT2D eigenvalue weighted by Crippen LogP contribution is 2.26. The molecule has 0 aromatic heterocycles. The number of carbonyl (C=O) groups excluding carboxylic acids is 1. The molecule has 6 nitrogen and oxygen atoms in total. The van der Waals surface area contributed by atoms with E-state index in [0.717, 1.165) is 0 Å². The van der Waals surface area contributed by atoms with E-state index in [2.05, 4.69) is 4.99 Å². The Balaban J connectivity index is 4.97. The highest BCUT2D eigenvalue weighted by molar-refractivity contribution is 6.67. The smallest absolute Gasteiger partial charge is 0.438 e. The summed E-state index contributed by atoms with van der Waals surface area (Å²) in [5.74, 6) is 0.283. The molecule has 0 spiro atoms. The fraction of sp³-hybridized carbons (Fsp3) is 0.667. The fourth-order valence-corrected chi connectivity index (χ4v) is 1.17. The summed E-state index contributed by atoms with van der Waals surface area (Å²) in [5.41, 5.74) is 6.17. The SMILES string of the molecule is CC(C)(C)/C(N)=C/C(=N\C(=O)OCC(Cl)(Cl)Cl)[NH2+]CCO. The van der Waals surface area contributed by atoms with E-state index in [1.54, 1.807) is 11.4 Å². The summed E-state index contributed by atoms with van der Waals surface area (Å²) in [6.45, 7) is 5.60. The second-order valence-corrected chi connectivity index (χ2v) is 7.79. The highest BCUT2D eigenvalue weighted by Gasteiger charge is 2.22. The first-order valence-corrected chi connectivity index (χ1v) is 7.33. The van der Waals surface area contributed by atoms with Gasteiger partial charge < -0.3 is 15.6 Å². The molecule has 21 heavy (non-hydrogen) atoms. The van der Waals surface area contributed by atoms with Crippen LogP contribution in [0.1, 0.15) is 20.8 Å². The van der Waals surface area contributed by atoms with Gasteiger partial charge in [0.2, 0.25) is 9.63 Å². The number of amides is 1. The van der Waals surface area contributed by atoms with E-state index in [-0.39, 0.29) is 17.9 Å². The molecule has 0 aromatic rings. The topological polar surface area (TPSA) is 102 Å². The van der Waals surface area contributed by atoms with Gasteiger partial charge in [0.05, 0.1) is 6.61 Å². The van der Waals surface area contributed by atoms with Gasteiger partial charge in [-0.3, -0.25) is 5.32 Å². The van der Waals surface area contributed by atoms with Crippen molar-refractivity contribution in [3.8, 4) is 0 Å². The van der Waals surface area contributed by atoms with E-state index in [9.17, 15) is 4.79 Å². The molecular weight excluding hydrogens is 341 g/mol. The van der Waals surface area contributed by atoms with Crippen LogP contribution in [0.3, 0.4) is 0 Å². The number of rotatable bonds is 4. The van der Waals surface area contributed by atoms with Gasteiger partial charge in [-0.25, -0.2) is 4.79 Å². The third-order valence-electron chi connectivity index (χ3n) is 2.23. The van der Waals surface area contributed by atoms with Crippen molar-refractivity contribution in [3.05, 3.63) is 11.8 Å². The van der Waals surface area contributed by atoms with Crippen LogP contribution in [0, 0.1) is 5.41 Å². The van der Waals surface area contributed by atoms with Crippen molar-refractivity contribution in [1.29, 1.82) is 0 Å².